The highest BCUT2D eigenvalue weighted by molar-refractivity contribution is 5.02. The summed E-state index contributed by atoms with van der Waals surface area (Å²) < 4.78 is 0. The van der Waals surface area contributed by atoms with Gasteiger partial charge in [0.25, 0.3) is 0 Å². The molecule has 3 fully saturated rings. The average molecular weight is 142 g/mol. The highest BCUT2D eigenvalue weighted by Crippen LogP contribution is 2.29. The number of hydrogen-bond donors (Lipinski definition) is 2. The van der Waals surface area contributed by atoms with E-state index < -0.39 is 0 Å². The maximum atomic E-state index is 9.49. The first-order chi connectivity index (χ1) is 4.71. The van der Waals surface area contributed by atoms with Crippen LogP contribution >= 0.6 is 0 Å². The van der Waals surface area contributed by atoms with Crippen molar-refractivity contribution in [1.29, 1.82) is 0 Å². The molecule has 0 aromatic rings. The number of piperidine rings is 3. The Morgan fingerprint density at radius 1 is 1.40 bits per heavy atom. The highest BCUT2D eigenvalue weighted by Gasteiger charge is 2.43. The molecular formula is C7H14N2O. The highest BCUT2D eigenvalue weighted by atomic mass is 16.3. The molecule has 3 aliphatic heterocycles. The van der Waals surface area contributed by atoms with E-state index in [1.165, 1.54) is 0 Å². The third kappa shape index (κ3) is 0.779. The van der Waals surface area contributed by atoms with Gasteiger partial charge in [0.05, 0.1) is 6.10 Å². The Kier molecular flexibility index (Phi) is 1.27. The van der Waals surface area contributed by atoms with Gasteiger partial charge < -0.3 is 15.7 Å². The number of nitrogens with zero attached hydrogens (tertiary/aromatic N) is 1. The van der Waals surface area contributed by atoms with E-state index in [1.54, 1.807) is 0 Å². The van der Waals surface area contributed by atoms with E-state index in [0.29, 0.717) is 0 Å². The van der Waals surface area contributed by atoms with E-state index >= 15 is 0 Å². The topological polar surface area (TPSA) is 49.5 Å². The fourth-order valence-electron chi connectivity index (χ4n) is 1.91. The molecule has 3 heterocycles. The lowest BCUT2D eigenvalue weighted by atomic mass is 9.79. The van der Waals surface area contributed by atoms with Crippen LogP contribution in [0.3, 0.4) is 0 Å². The summed E-state index contributed by atoms with van der Waals surface area (Å²) in [5.74, 6) is 0. The molecule has 0 saturated carbocycles. The molecule has 0 radical (unpaired) electrons. The largest absolute Gasteiger partial charge is 0.390 e. The molecule has 0 aromatic heterocycles. The summed E-state index contributed by atoms with van der Waals surface area (Å²) in [4.78, 5) is 2.28. The van der Waals surface area contributed by atoms with Crippen LogP contribution in [0.4, 0.5) is 0 Å². The van der Waals surface area contributed by atoms with Crippen LogP contribution in [-0.2, 0) is 0 Å². The second-order valence-electron chi connectivity index (χ2n) is 3.55. The van der Waals surface area contributed by atoms with Crippen LogP contribution in [0.2, 0.25) is 0 Å². The van der Waals surface area contributed by atoms with Crippen molar-refractivity contribution in [3.05, 3.63) is 0 Å². The van der Waals surface area contributed by atoms with Gasteiger partial charge in [-0.3, -0.25) is 0 Å². The molecule has 3 aliphatic rings. The Labute approximate surface area is 60.8 Å². The molecule has 3 heteroatoms. The SMILES string of the molecule is NC12CCN(CC1)CC2O. The molecule has 10 heavy (non-hydrogen) atoms. The second kappa shape index (κ2) is 1.94. The molecule has 3 N–H and O–H groups in total. The number of aliphatic hydroxyl groups is 1. The van der Waals surface area contributed by atoms with E-state index in [1.807, 2.05) is 0 Å². The van der Waals surface area contributed by atoms with Crippen molar-refractivity contribution in [2.24, 2.45) is 5.73 Å². The minimum atomic E-state index is -0.282. The Morgan fingerprint density at radius 2 is 2.00 bits per heavy atom. The van der Waals surface area contributed by atoms with Gasteiger partial charge >= 0.3 is 0 Å². The molecule has 3 saturated heterocycles. The number of aliphatic hydroxyl groups excluding tert-OH is 1. The Balaban J connectivity index is 2.17. The summed E-state index contributed by atoms with van der Waals surface area (Å²) in [5, 5.41) is 9.49. The van der Waals surface area contributed by atoms with Crippen LogP contribution in [0.25, 0.3) is 0 Å². The van der Waals surface area contributed by atoms with Crippen molar-refractivity contribution in [3.8, 4) is 0 Å². The molecule has 0 amide bonds. The van der Waals surface area contributed by atoms with Crippen LogP contribution in [0.15, 0.2) is 0 Å². The molecule has 0 aromatic carbocycles. The zero-order valence-electron chi connectivity index (χ0n) is 6.08. The lowest BCUT2D eigenvalue weighted by Gasteiger charge is -2.49. The van der Waals surface area contributed by atoms with E-state index in [-0.39, 0.29) is 11.6 Å². The van der Waals surface area contributed by atoms with Crippen LogP contribution in [-0.4, -0.2) is 41.3 Å². The van der Waals surface area contributed by atoms with E-state index in [9.17, 15) is 5.11 Å². The molecular weight excluding hydrogens is 128 g/mol. The maximum Gasteiger partial charge on any atom is 0.0847 e. The van der Waals surface area contributed by atoms with Crippen LogP contribution < -0.4 is 5.73 Å². The van der Waals surface area contributed by atoms with Gasteiger partial charge in [-0.05, 0) is 12.8 Å². The molecule has 0 spiro atoms. The average Bonchev–Trinajstić information content (AvgIpc) is 1.92. The Morgan fingerprint density at radius 3 is 2.30 bits per heavy atom. The van der Waals surface area contributed by atoms with Gasteiger partial charge in [0.2, 0.25) is 0 Å². The van der Waals surface area contributed by atoms with Gasteiger partial charge in [0.15, 0.2) is 0 Å². The predicted octanol–water partition coefficient (Wildman–Crippen LogP) is -0.846. The van der Waals surface area contributed by atoms with Gasteiger partial charge in [-0.25, -0.2) is 0 Å². The van der Waals surface area contributed by atoms with Gasteiger partial charge in [0, 0.05) is 25.2 Å². The lowest BCUT2D eigenvalue weighted by molar-refractivity contribution is -0.0412. The number of rotatable bonds is 0. The molecule has 58 valence electrons. The summed E-state index contributed by atoms with van der Waals surface area (Å²) in [6.07, 6.45) is 1.65. The van der Waals surface area contributed by atoms with Crippen molar-refractivity contribution in [3.63, 3.8) is 0 Å². The summed E-state index contributed by atoms with van der Waals surface area (Å²) in [6, 6.07) is 0. The predicted molar refractivity (Wildman–Crippen MR) is 38.6 cm³/mol. The second-order valence-corrected chi connectivity index (χ2v) is 3.55. The Hall–Kier alpha value is -0.120. The van der Waals surface area contributed by atoms with E-state index in [0.717, 1.165) is 32.5 Å². The number of hydrogen-bond acceptors (Lipinski definition) is 3. The van der Waals surface area contributed by atoms with E-state index in [2.05, 4.69) is 4.90 Å². The number of nitrogens with two attached hydrogens (primary N) is 1. The molecule has 3 nitrogen and oxygen atoms in total. The van der Waals surface area contributed by atoms with Crippen molar-refractivity contribution >= 4 is 0 Å². The first kappa shape index (κ1) is 6.58. The van der Waals surface area contributed by atoms with Crippen molar-refractivity contribution in [2.75, 3.05) is 19.6 Å². The summed E-state index contributed by atoms with van der Waals surface area (Å²) in [6.45, 7) is 2.94. The van der Waals surface area contributed by atoms with Crippen LogP contribution in [0.1, 0.15) is 12.8 Å². The minimum absolute atomic E-state index is 0.241. The number of fused-ring (bicyclic) bond motifs is 3. The third-order valence-electron chi connectivity index (χ3n) is 2.88. The lowest BCUT2D eigenvalue weighted by Crippen LogP contribution is -2.66. The van der Waals surface area contributed by atoms with Crippen LogP contribution in [0.5, 0.6) is 0 Å². The third-order valence-corrected chi connectivity index (χ3v) is 2.88. The summed E-state index contributed by atoms with van der Waals surface area (Å²) in [7, 11) is 0. The first-order valence-corrected chi connectivity index (χ1v) is 3.90. The van der Waals surface area contributed by atoms with Crippen molar-refractivity contribution in [1.82, 2.24) is 4.90 Å². The molecule has 0 aliphatic carbocycles. The molecule has 3 rings (SSSR count). The zero-order chi connectivity index (χ0) is 7.19. The van der Waals surface area contributed by atoms with Gasteiger partial charge in [-0.2, -0.15) is 0 Å². The Bertz CT molecular complexity index is 141. The minimum Gasteiger partial charge on any atom is -0.390 e. The van der Waals surface area contributed by atoms with Gasteiger partial charge in [0.1, 0.15) is 0 Å². The summed E-state index contributed by atoms with van der Waals surface area (Å²) in [5.41, 5.74) is 5.72. The van der Waals surface area contributed by atoms with Crippen molar-refractivity contribution < 1.29 is 5.11 Å². The fourth-order valence-corrected chi connectivity index (χ4v) is 1.91. The van der Waals surface area contributed by atoms with Gasteiger partial charge in [-0.15, -0.1) is 0 Å². The normalized spacial score (nSPS) is 53.4. The van der Waals surface area contributed by atoms with Crippen molar-refractivity contribution in [2.45, 2.75) is 24.5 Å². The maximum absolute atomic E-state index is 9.49. The smallest absolute Gasteiger partial charge is 0.0847 e. The molecule has 1 unspecified atom stereocenters. The van der Waals surface area contributed by atoms with Crippen LogP contribution in [0, 0.1) is 0 Å². The fraction of sp³-hybridized carbons (Fsp3) is 1.00. The summed E-state index contributed by atoms with van der Waals surface area (Å²) >= 11 is 0. The quantitative estimate of drug-likeness (QED) is 0.463. The first-order valence-electron chi connectivity index (χ1n) is 3.90. The molecule has 2 bridgehead atoms. The standard InChI is InChI=1S/C7H14N2O/c8-7-1-3-9(4-2-7)5-6(7)10/h6,10H,1-5,8H2. The monoisotopic (exact) mass is 142 g/mol. The zero-order valence-corrected chi connectivity index (χ0v) is 6.08. The molecule has 1 atom stereocenters. The van der Waals surface area contributed by atoms with Gasteiger partial charge in [-0.1, -0.05) is 0 Å². The van der Waals surface area contributed by atoms with E-state index in [4.69, 9.17) is 5.73 Å².